The maximum atomic E-state index is 12.3. The highest BCUT2D eigenvalue weighted by Crippen LogP contribution is 2.29. The van der Waals surface area contributed by atoms with Gasteiger partial charge < -0.3 is 14.2 Å². The zero-order chi connectivity index (χ0) is 18.1. The molecular weight excluding hydrogens is 330 g/mol. The number of morpholine rings is 1. The van der Waals surface area contributed by atoms with Gasteiger partial charge in [0.1, 0.15) is 11.5 Å². The molecule has 0 unspecified atom stereocenters. The normalized spacial score (nSPS) is 14.6. The minimum Gasteiger partial charge on any atom is -0.378 e. The Morgan fingerprint density at radius 1 is 1.12 bits per heavy atom. The van der Waals surface area contributed by atoms with E-state index in [2.05, 4.69) is 9.88 Å². The summed E-state index contributed by atoms with van der Waals surface area (Å²) >= 11 is 0. The molecule has 0 aliphatic carbocycles. The van der Waals surface area contributed by atoms with Crippen LogP contribution in [0, 0.1) is 6.92 Å². The number of ketones is 1. The number of anilines is 1. The van der Waals surface area contributed by atoms with Gasteiger partial charge in [0.2, 0.25) is 5.78 Å². The van der Waals surface area contributed by atoms with Crippen molar-refractivity contribution in [2.75, 3.05) is 31.2 Å². The number of hydrogen-bond acceptors (Lipinski definition) is 5. The van der Waals surface area contributed by atoms with Gasteiger partial charge in [0.25, 0.3) is 0 Å². The highest BCUT2D eigenvalue weighted by atomic mass is 16.5. The smallest absolute Gasteiger partial charge is 0.242 e. The van der Waals surface area contributed by atoms with Gasteiger partial charge in [-0.05, 0) is 19.1 Å². The minimum atomic E-state index is -0.536. The van der Waals surface area contributed by atoms with Crippen LogP contribution in [0.1, 0.15) is 16.2 Å². The maximum absolute atomic E-state index is 12.3. The van der Waals surface area contributed by atoms with E-state index < -0.39 is 5.78 Å². The Morgan fingerprint density at radius 2 is 1.85 bits per heavy atom. The molecule has 6 nitrogen and oxygen atoms in total. The topological polar surface area (TPSA) is 64.4 Å². The van der Waals surface area contributed by atoms with Gasteiger partial charge in [0.05, 0.1) is 25.1 Å². The number of pyridine rings is 1. The number of rotatable bonds is 4. The largest absolute Gasteiger partial charge is 0.378 e. The summed E-state index contributed by atoms with van der Waals surface area (Å²) in [5.41, 5.74) is 2.06. The number of aromatic nitrogens is 2. The third-order valence-electron chi connectivity index (χ3n) is 4.80. The van der Waals surface area contributed by atoms with Gasteiger partial charge in [0.15, 0.2) is 6.29 Å². The lowest BCUT2D eigenvalue weighted by molar-refractivity contribution is -0.104. The molecule has 0 N–H and O–H groups in total. The van der Waals surface area contributed by atoms with Crippen molar-refractivity contribution in [3.8, 4) is 5.69 Å². The summed E-state index contributed by atoms with van der Waals surface area (Å²) in [6.45, 7) is 4.97. The van der Waals surface area contributed by atoms with Gasteiger partial charge in [-0.1, -0.05) is 24.3 Å². The number of ether oxygens (including phenoxy) is 1. The minimum absolute atomic E-state index is 0.368. The number of carbonyl (C=O) groups excluding carboxylic acids is 2. The SMILES string of the molecule is Cc1c2ccccc2c(C(=O)C=O)n1-c1ccc(N2CCOCC2)nc1. The lowest BCUT2D eigenvalue weighted by Crippen LogP contribution is -2.36. The first kappa shape index (κ1) is 16.5. The summed E-state index contributed by atoms with van der Waals surface area (Å²) in [5.74, 6) is 0.348. The predicted molar refractivity (Wildman–Crippen MR) is 99.2 cm³/mol. The molecule has 1 aromatic carbocycles. The quantitative estimate of drug-likeness (QED) is 0.411. The Balaban J connectivity index is 1.82. The van der Waals surface area contributed by atoms with Crippen molar-refractivity contribution in [3.05, 3.63) is 54.0 Å². The first-order valence-corrected chi connectivity index (χ1v) is 8.59. The van der Waals surface area contributed by atoms with Gasteiger partial charge in [-0.25, -0.2) is 4.98 Å². The van der Waals surface area contributed by atoms with Crippen LogP contribution in [0.2, 0.25) is 0 Å². The van der Waals surface area contributed by atoms with E-state index in [0.717, 1.165) is 41.1 Å². The van der Waals surface area contributed by atoms with E-state index in [1.165, 1.54) is 0 Å². The highest BCUT2D eigenvalue weighted by molar-refractivity contribution is 6.36. The van der Waals surface area contributed by atoms with Crippen molar-refractivity contribution >= 4 is 28.7 Å². The van der Waals surface area contributed by atoms with Crippen LogP contribution in [0.25, 0.3) is 16.5 Å². The van der Waals surface area contributed by atoms with E-state index in [1.54, 1.807) is 6.20 Å². The number of carbonyl (C=O) groups is 2. The third kappa shape index (κ3) is 2.68. The number of aldehydes is 1. The molecule has 3 heterocycles. The fraction of sp³-hybridized carbons (Fsp3) is 0.250. The second kappa shape index (κ2) is 6.72. The highest BCUT2D eigenvalue weighted by Gasteiger charge is 2.21. The molecule has 0 radical (unpaired) electrons. The maximum Gasteiger partial charge on any atom is 0.242 e. The van der Waals surface area contributed by atoms with Crippen LogP contribution in [0.3, 0.4) is 0 Å². The van der Waals surface area contributed by atoms with E-state index in [0.29, 0.717) is 25.2 Å². The molecule has 1 fully saturated rings. The van der Waals surface area contributed by atoms with Crippen LogP contribution >= 0.6 is 0 Å². The molecule has 0 atom stereocenters. The monoisotopic (exact) mass is 349 g/mol. The molecule has 3 aromatic rings. The third-order valence-corrected chi connectivity index (χ3v) is 4.80. The standard InChI is InChI=1S/C20H19N3O3/c1-14-16-4-2-3-5-17(16)20(18(25)13-24)23(14)15-6-7-19(21-12-15)22-8-10-26-11-9-22/h2-7,12-13H,8-11H2,1H3. The summed E-state index contributed by atoms with van der Waals surface area (Å²) in [7, 11) is 0. The predicted octanol–water partition coefficient (Wildman–Crippen LogP) is 2.55. The molecule has 0 spiro atoms. The molecule has 6 heteroatoms. The van der Waals surface area contributed by atoms with Crippen LogP contribution in [-0.4, -0.2) is 47.9 Å². The van der Waals surface area contributed by atoms with Crippen molar-refractivity contribution < 1.29 is 14.3 Å². The van der Waals surface area contributed by atoms with Gasteiger partial charge >= 0.3 is 0 Å². The van der Waals surface area contributed by atoms with E-state index in [4.69, 9.17) is 4.74 Å². The van der Waals surface area contributed by atoms with E-state index in [1.807, 2.05) is 47.9 Å². The average molecular weight is 349 g/mol. The Hall–Kier alpha value is -2.99. The molecule has 0 amide bonds. The molecule has 2 aromatic heterocycles. The number of fused-ring (bicyclic) bond motifs is 1. The summed E-state index contributed by atoms with van der Waals surface area (Å²) in [5, 5.41) is 1.73. The first-order chi connectivity index (χ1) is 12.7. The molecule has 1 saturated heterocycles. The van der Waals surface area contributed by atoms with Gasteiger partial charge in [0, 0.05) is 29.6 Å². The van der Waals surface area contributed by atoms with E-state index in [-0.39, 0.29) is 0 Å². The van der Waals surface area contributed by atoms with Crippen LogP contribution in [-0.2, 0) is 9.53 Å². The number of aryl methyl sites for hydroxylation is 1. The van der Waals surface area contributed by atoms with Crippen LogP contribution < -0.4 is 4.90 Å². The number of nitrogens with zero attached hydrogens (tertiary/aromatic N) is 3. The number of hydrogen-bond donors (Lipinski definition) is 0. The molecule has 4 rings (SSSR count). The lowest BCUT2D eigenvalue weighted by Gasteiger charge is -2.27. The summed E-state index contributed by atoms with van der Waals surface area (Å²) in [6.07, 6.45) is 2.12. The molecule has 1 aliphatic rings. The fourth-order valence-corrected chi connectivity index (χ4v) is 3.53. The molecule has 0 bridgehead atoms. The van der Waals surface area contributed by atoms with Crippen LogP contribution in [0.4, 0.5) is 5.82 Å². The second-order valence-corrected chi connectivity index (χ2v) is 6.27. The second-order valence-electron chi connectivity index (χ2n) is 6.27. The fourth-order valence-electron chi connectivity index (χ4n) is 3.53. The van der Waals surface area contributed by atoms with Crippen LogP contribution in [0.15, 0.2) is 42.6 Å². The van der Waals surface area contributed by atoms with Crippen LogP contribution in [0.5, 0.6) is 0 Å². The Morgan fingerprint density at radius 3 is 2.50 bits per heavy atom. The molecule has 132 valence electrons. The van der Waals surface area contributed by atoms with Crippen molar-refractivity contribution in [2.45, 2.75) is 6.92 Å². The number of Topliss-reactive ketones (excluding diaryl/α,β-unsaturated/α-hetero) is 1. The summed E-state index contributed by atoms with van der Waals surface area (Å²) < 4.78 is 7.19. The van der Waals surface area contributed by atoms with Gasteiger partial charge in [-0.2, -0.15) is 0 Å². The Bertz CT molecular complexity index is 970. The molecule has 26 heavy (non-hydrogen) atoms. The van der Waals surface area contributed by atoms with E-state index in [9.17, 15) is 9.59 Å². The lowest BCUT2D eigenvalue weighted by atomic mass is 10.1. The first-order valence-electron chi connectivity index (χ1n) is 8.59. The van der Waals surface area contributed by atoms with Gasteiger partial charge in [-0.15, -0.1) is 0 Å². The van der Waals surface area contributed by atoms with Crippen molar-refractivity contribution in [3.63, 3.8) is 0 Å². The zero-order valence-electron chi connectivity index (χ0n) is 14.5. The van der Waals surface area contributed by atoms with Crippen molar-refractivity contribution in [1.29, 1.82) is 0 Å². The van der Waals surface area contributed by atoms with Gasteiger partial charge in [-0.3, -0.25) is 9.59 Å². The zero-order valence-corrected chi connectivity index (χ0v) is 14.5. The summed E-state index contributed by atoms with van der Waals surface area (Å²) in [6, 6.07) is 11.5. The van der Waals surface area contributed by atoms with Crippen molar-refractivity contribution in [2.24, 2.45) is 0 Å². The van der Waals surface area contributed by atoms with Crippen molar-refractivity contribution in [1.82, 2.24) is 9.55 Å². The number of benzene rings is 1. The average Bonchev–Trinajstić information content (AvgIpc) is 3.01. The Kier molecular flexibility index (Phi) is 4.26. The molecule has 0 saturated carbocycles. The van der Waals surface area contributed by atoms with E-state index >= 15 is 0 Å². The summed E-state index contributed by atoms with van der Waals surface area (Å²) in [4.78, 5) is 30.3. The Labute approximate surface area is 151 Å². The molecule has 1 aliphatic heterocycles. The molecular formula is C20H19N3O3.